The number of hydrogen-bond acceptors (Lipinski definition) is 5. The Labute approximate surface area is 300 Å². The largest absolute Gasteiger partial charge is 0.383 e. The number of aromatic nitrogens is 1. The van der Waals surface area contributed by atoms with Crippen LogP contribution in [0.5, 0.6) is 0 Å². The number of aryl methyl sites for hydroxylation is 1. The Morgan fingerprint density at radius 2 is 1.38 bits per heavy atom. The first-order valence-electron chi connectivity index (χ1n) is 16.1. The molecule has 0 bridgehead atoms. The van der Waals surface area contributed by atoms with Crippen molar-refractivity contribution in [3.63, 3.8) is 0 Å². The zero-order valence-corrected chi connectivity index (χ0v) is 29.1. The number of pyridine rings is 1. The summed E-state index contributed by atoms with van der Waals surface area (Å²) in [4.78, 5) is 11.1. The van der Waals surface area contributed by atoms with Crippen LogP contribution in [0.25, 0.3) is 22.8 Å². The van der Waals surface area contributed by atoms with E-state index in [1.807, 2.05) is 108 Å². The highest BCUT2D eigenvalue weighted by Crippen LogP contribution is 2.38. The molecule has 0 saturated heterocycles. The molecular formula is C43H40N6S. The Morgan fingerprint density at radius 3 is 2.08 bits per heavy atom. The van der Waals surface area contributed by atoms with E-state index in [1.165, 1.54) is 5.56 Å². The molecule has 7 rings (SSSR count). The predicted octanol–water partition coefficient (Wildman–Crippen LogP) is 9.71. The second kappa shape index (κ2) is 17.4. The van der Waals surface area contributed by atoms with Crippen molar-refractivity contribution in [3.8, 4) is 11.1 Å². The molecule has 0 unspecified atom stereocenters. The Hall–Kier alpha value is -6.02. The van der Waals surface area contributed by atoms with Gasteiger partial charge in [-0.25, -0.2) is 9.98 Å². The first-order valence-corrected chi connectivity index (χ1v) is 16.6. The van der Waals surface area contributed by atoms with Crippen molar-refractivity contribution in [1.82, 2.24) is 9.71 Å². The average molecular weight is 673 g/mol. The van der Waals surface area contributed by atoms with Crippen molar-refractivity contribution < 1.29 is 0 Å². The van der Waals surface area contributed by atoms with Crippen molar-refractivity contribution in [2.24, 2.45) is 10.7 Å². The number of hydrogen-bond donors (Lipinski definition) is 4. The zero-order valence-electron chi connectivity index (χ0n) is 28.2. The third kappa shape index (κ3) is 8.90. The molecule has 4 N–H and O–H groups in total. The number of amidine groups is 2. The maximum Gasteiger partial charge on any atom is 0.154 e. The van der Waals surface area contributed by atoms with E-state index in [0.717, 1.165) is 44.6 Å². The lowest BCUT2D eigenvalue weighted by atomic mass is 9.92. The SMILES string of the molecule is C=C1c2ccccc2/C=C\N(c2cc(C(=N)N=C(N)c3cccc(-c4ccccc4)c3)ccn2)c2ccccc21.CNS.Cc1ccccc1. The molecule has 0 spiro atoms. The molecular weight excluding hydrogens is 633 g/mol. The summed E-state index contributed by atoms with van der Waals surface area (Å²) in [5.41, 5.74) is 16.3. The van der Waals surface area contributed by atoms with Crippen molar-refractivity contribution in [1.29, 1.82) is 5.41 Å². The molecule has 6 aromatic rings. The molecule has 0 amide bonds. The van der Waals surface area contributed by atoms with Gasteiger partial charge in [-0.1, -0.05) is 146 Å². The number of fused-ring (bicyclic) bond motifs is 2. The van der Waals surface area contributed by atoms with Crippen LogP contribution in [0.2, 0.25) is 0 Å². The van der Waals surface area contributed by atoms with Crippen molar-refractivity contribution in [3.05, 3.63) is 198 Å². The first kappa shape index (κ1) is 35.3. The number of aliphatic imine (C=N–C) groups is 1. The van der Waals surface area contributed by atoms with Crippen LogP contribution >= 0.6 is 12.8 Å². The van der Waals surface area contributed by atoms with Gasteiger partial charge in [0.15, 0.2) is 5.84 Å². The third-order valence-electron chi connectivity index (χ3n) is 7.88. The fraction of sp³-hybridized carbons (Fsp3) is 0.0465. The van der Waals surface area contributed by atoms with E-state index in [1.54, 1.807) is 19.3 Å². The van der Waals surface area contributed by atoms with E-state index < -0.39 is 0 Å². The number of nitrogens with zero attached hydrogens (tertiary/aromatic N) is 3. The molecule has 0 fully saturated rings. The summed E-state index contributed by atoms with van der Waals surface area (Å²) in [6, 6.07) is 48.2. The monoisotopic (exact) mass is 672 g/mol. The third-order valence-corrected chi connectivity index (χ3v) is 7.88. The van der Waals surface area contributed by atoms with E-state index in [-0.39, 0.29) is 11.7 Å². The second-order valence-electron chi connectivity index (χ2n) is 11.3. The topological polar surface area (TPSA) is 90.4 Å². The van der Waals surface area contributed by atoms with Crippen LogP contribution in [0.3, 0.4) is 0 Å². The van der Waals surface area contributed by atoms with E-state index >= 15 is 0 Å². The molecule has 0 radical (unpaired) electrons. The Balaban J connectivity index is 0.000000423. The molecule has 248 valence electrons. The summed E-state index contributed by atoms with van der Waals surface area (Å²) in [6.07, 6.45) is 5.76. The maximum absolute atomic E-state index is 8.74. The molecule has 6 nitrogen and oxygen atoms in total. The van der Waals surface area contributed by atoms with Crippen LogP contribution in [0.15, 0.2) is 170 Å². The molecule has 2 heterocycles. The number of thiol groups is 1. The lowest BCUT2D eigenvalue weighted by molar-refractivity contribution is 1.17. The number of benzene rings is 5. The number of nitrogens with one attached hydrogen (secondary N) is 2. The van der Waals surface area contributed by atoms with Gasteiger partial charge in [-0.05, 0) is 72.1 Å². The summed E-state index contributed by atoms with van der Waals surface area (Å²) < 4.78 is 2.44. The van der Waals surface area contributed by atoms with Crippen molar-refractivity contribution in [2.45, 2.75) is 6.92 Å². The van der Waals surface area contributed by atoms with Crippen molar-refractivity contribution >= 4 is 47.6 Å². The summed E-state index contributed by atoms with van der Waals surface area (Å²) in [6.45, 7) is 6.50. The first-order chi connectivity index (χ1) is 24.4. The fourth-order valence-corrected chi connectivity index (χ4v) is 5.41. The van der Waals surface area contributed by atoms with Gasteiger partial charge >= 0.3 is 0 Å². The van der Waals surface area contributed by atoms with Gasteiger partial charge < -0.3 is 10.6 Å². The number of nitrogens with two attached hydrogens (primary N) is 1. The van der Waals surface area contributed by atoms with E-state index in [0.29, 0.717) is 11.4 Å². The van der Waals surface area contributed by atoms with E-state index in [9.17, 15) is 0 Å². The van der Waals surface area contributed by atoms with Crippen LogP contribution in [-0.2, 0) is 0 Å². The van der Waals surface area contributed by atoms with Crippen LogP contribution in [0.4, 0.5) is 11.5 Å². The number of para-hydroxylation sites is 1. The molecule has 5 aromatic carbocycles. The zero-order chi connectivity index (χ0) is 35.3. The minimum absolute atomic E-state index is 0.0605. The molecule has 1 aliphatic heterocycles. The number of anilines is 2. The second-order valence-corrected chi connectivity index (χ2v) is 11.8. The Morgan fingerprint density at radius 1 is 0.760 bits per heavy atom. The van der Waals surface area contributed by atoms with Crippen LogP contribution < -0.4 is 15.4 Å². The highest BCUT2D eigenvalue weighted by Gasteiger charge is 2.19. The van der Waals surface area contributed by atoms with Crippen LogP contribution in [0.1, 0.15) is 33.4 Å². The van der Waals surface area contributed by atoms with Crippen molar-refractivity contribution in [2.75, 3.05) is 11.9 Å². The minimum Gasteiger partial charge on any atom is -0.383 e. The summed E-state index contributed by atoms with van der Waals surface area (Å²) in [7, 11) is 1.74. The lowest BCUT2D eigenvalue weighted by Gasteiger charge is -2.26. The van der Waals surface area contributed by atoms with Crippen LogP contribution in [0, 0.1) is 12.3 Å². The molecule has 0 aliphatic carbocycles. The molecule has 50 heavy (non-hydrogen) atoms. The predicted molar refractivity (Wildman–Crippen MR) is 215 cm³/mol. The highest BCUT2D eigenvalue weighted by molar-refractivity contribution is 7.78. The molecule has 0 saturated carbocycles. The maximum atomic E-state index is 8.74. The normalized spacial score (nSPS) is 12.4. The Kier molecular flexibility index (Phi) is 12.3. The smallest absolute Gasteiger partial charge is 0.154 e. The van der Waals surface area contributed by atoms with Gasteiger partial charge in [0.1, 0.15) is 11.7 Å². The summed E-state index contributed by atoms with van der Waals surface area (Å²) in [5, 5.41) is 8.74. The molecule has 0 atom stereocenters. The summed E-state index contributed by atoms with van der Waals surface area (Å²) in [5.74, 6) is 1.01. The quantitative estimate of drug-likeness (QED) is 0.0853. The molecule has 1 aromatic heterocycles. The standard InChI is InChI=1S/C35H27N5.C7H8.CH5NS/c1-24-30-15-6-5-12-26(30)19-21-40(32-17-8-7-16-31(24)32)33-23-29(18-20-38-33)35(37)39-34(36)28-14-9-13-27(22-28)25-10-3-2-4-11-25;1-7-5-3-2-4-6-7;1-2-3/h2-23H,1H2,(H3,36,37,39);2-6H,1H3;2-3H,1H3/b21-19-;;. The Bertz CT molecular complexity index is 2120. The van der Waals surface area contributed by atoms with Gasteiger partial charge in [-0.2, -0.15) is 0 Å². The minimum atomic E-state index is 0.0605. The number of rotatable bonds is 4. The van der Waals surface area contributed by atoms with Gasteiger partial charge in [-0.15, -0.1) is 0 Å². The van der Waals surface area contributed by atoms with E-state index in [4.69, 9.17) is 11.1 Å². The van der Waals surface area contributed by atoms with E-state index in [2.05, 4.69) is 89.6 Å². The van der Waals surface area contributed by atoms with Gasteiger partial charge in [-0.3, -0.25) is 10.1 Å². The molecule has 1 aliphatic rings. The van der Waals surface area contributed by atoms with Crippen LogP contribution in [-0.4, -0.2) is 23.7 Å². The molecule has 7 heteroatoms. The van der Waals surface area contributed by atoms with Gasteiger partial charge in [0.25, 0.3) is 0 Å². The summed E-state index contributed by atoms with van der Waals surface area (Å²) >= 11 is 3.54. The van der Waals surface area contributed by atoms with Gasteiger partial charge in [0.05, 0.1) is 5.69 Å². The average Bonchev–Trinajstić information content (AvgIpc) is 3.16. The lowest BCUT2D eigenvalue weighted by Crippen LogP contribution is -2.17. The fourth-order valence-electron chi connectivity index (χ4n) is 5.41. The van der Waals surface area contributed by atoms with Gasteiger partial charge in [0.2, 0.25) is 0 Å². The highest BCUT2D eigenvalue weighted by atomic mass is 32.1. The van der Waals surface area contributed by atoms with Gasteiger partial charge in [0, 0.05) is 29.1 Å².